The second kappa shape index (κ2) is 6.05. The minimum absolute atomic E-state index is 0.00449. The molecule has 0 spiro atoms. The highest BCUT2D eigenvalue weighted by atomic mass is 16.5. The molecule has 0 fully saturated rings. The molecule has 1 atom stereocenters. The fourth-order valence-electron chi connectivity index (χ4n) is 1.43. The summed E-state index contributed by atoms with van der Waals surface area (Å²) in [4.78, 5) is 11.8. The first kappa shape index (κ1) is 13.2. The Labute approximate surface area is 102 Å². The van der Waals surface area contributed by atoms with Crippen LogP contribution in [0.1, 0.15) is 37.6 Å². The van der Waals surface area contributed by atoms with Crippen molar-refractivity contribution in [2.24, 2.45) is 5.92 Å². The van der Waals surface area contributed by atoms with Crippen LogP contribution in [0.3, 0.4) is 0 Å². The number of Topliss-reactive ketones (excluding diaryl/α,β-unsaturated/α-hetero) is 1. The number of nitriles is 1. The third-order valence-corrected chi connectivity index (χ3v) is 2.26. The van der Waals surface area contributed by atoms with Crippen molar-refractivity contribution in [2.45, 2.75) is 33.3 Å². The topological polar surface area (TPSA) is 50.1 Å². The Morgan fingerprint density at radius 2 is 1.88 bits per heavy atom. The van der Waals surface area contributed by atoms with E-state index in [9.17, 15) is 4.79 Å². The zero-order valence-corrected chi connectivity index (χ0v) is 10.4. The van der Waals surface area contributed by atoms with Gasteiger partial charge >= 0.3 is 0 Å². The van der Waals surface area contributed by atoms with Gasteiger partial charge in [-0.2, -0.15) is 5.26 Å². The molecule has 1 unspecified atom stereocenters. The SMILES string of the molecule is CC(C#N)CC(=O)c1ccc(OC(C)C)cc1. The summed E-state index contributed by atoms with van der Waals surface area (Å²) in [5, 5.41) is 8.65. The number of ether oxygens (including phenoxy) is 1. The predicted molar refractivity (Wildman–Crippen MR) is 65.9 cm³/mol. The maximum Gasteiger partial charge on any atom is 0.164 e. The van der Waals surface area contributed by atoms with Gasteiger partial charge in [0.25, 0.3) is 0 Å². The molecule has 1 aromatic carbocycles. The van der Waals surface area contributed by atoms with Crippen molar-refractivity contribution >= 4 is 5.78 Å². The van der Waals surface area contributed by atoms with Gasteiger partial charge in [0, 0.05) is 12.0 Å². The van der Waals surface area contributed by atoms with Crippen LogP contribution in [0.4, 0.5) is 0 Å². The maximum absolute atomic E-state index is 11.8. The molecule has 0 aliphatic heterocycles. The third kappa shape index (κ3) is 4.28. The largest absolute Gasteiger partial charge is 0.491 e. The van der Waals surface area contributed by atoms with Gasteiger partial charge in [0.15, 0.2) is 5.78 Å². The van der Waals surface area contributed by atoms with Crippen LogP contribution in [0.5, 0.6) is 5.75 Å². The summed E-state index contributed by atoms with van der Waals surface area (Å²) >= 11 is 0. The lowest BCUT2D eigenvalue weighted by Gasteiger charge is -2.09. The highest BCUT2D eigenvalue weighted by Crippen LogP contribution is 2.16. The zero-order valence-electron chi connectivity index (χ0n) is 10.4. The Hall–Kier alpha value is -1.82. The van der Waals surface area contributed by atoms with Crippen molar-refractivity contribution in [2.75, 3.05) is 0 Å². The molecule has 0 aromatic heterocycles. The molecule has 0 radical (unpaired) electrons. The molecule has 0 N–H and O–H groups in total. The van der Waals surface area contributed by atoms with E-state index in [0.717, 1.165) is 5.75 Å². The van der Waals surface area contributed by atoms with Crippen LogP contribution >= 0.6 is 0 Å². The Morgan fingerprint density at radius 3 is 2.35 bits per heavy atom. The monoisotopic (exact) mass is 231 g/mol. The molecule has 0 aliphatic carbocycles. The second-order valence-corrected chi connectivity index (χ2v) is 4.35. The van der Waals surface area contributed by atoms with Gasteiger partial charge in [0.1, 0.15) is 5.75 Å². The number of nitrogens with zero attached hydrogens (tertiary/aromatic N) is 1. The van der Waals surface area contributed by atoms with Gasteiger partial charge in [-0.1, -0.05) is 0 Å². The van der Waals surface area contributed by atoms with Gasteiger partial charge < -0.3 is 4.74 Å². The molecular weight excluding hydrogens is 214 g/mol. The van der Waals surface area contributed by atoms with Gasteiger partial charge in [-0.3, -0.25) is 4.79 Å². The van der Waals surface area contributed by atoms with E-state index in [1.807, 2.05) is 13.8 Å². The maximum atomic E-state index is 11.8. The van der Waals surface area contributed by atoms with E-state index in [2.05, 4.69) is 6.07 Å². The van der Waals surface area contributed by atoms with E-state index in [-0.39, 0.29) is 24.2 Å². The molecule has 0 heterocycles. The number of hydrogen-bond acceptors (Lipinski definition) is 3. The molecule has 0 saturated carbocycles. The third-order valence-electron chi connectivity index (χ3n) is 2.26. The highest BCUT2D eigenvalue weighted by molar-refractivity contribution is 5.96. The van der Waals surface area contributed by atoms with E-state index in [1.165, 1.54) is 0 Å². The summed E-state index contributed by atoms with van der Waals surface area (Å²) in [5.74, 6) is 0.508. The number of ketones is 1. The van der Waals surface area contributed by atoms with Gasteiger partial charge in [-0.15, -0.1) is 0 Å². The molecule has 0 amide bonds. The number of carbonyl (C=O) groups is 1. The summed E-state index contributed by atoms with van der Waals surface area (Å²) in [5.41, 5.74) is 0.628. The van der Waals surface area contributed by atoms with Gasteiger partial charge in [-0.25, -0.2) is 0 Å². The molecule has 17 heavy (non-hydrogen) atoms. The average molecular weight is 231 g/mol. The first-order chi connectivity index (χ1) is 8.02. The van der Waals surface area contributed by atoms with Crippen molar-refractivity contribution in [3.8, 4) is 11.8 Å². The Morgan fingerprint density at radius 1 is 1.29 bits per heavy atom. The minimum Gasteiger partial charge on any atom is -0.491 e. The van der Waals surface area contributed by atoms with Gasteiger partial charge in [-0.05, 0) is 45.0 Å². The van der Waals surface area contributed by atoms with Gasteiger partial charge in [0.05, 0.1) is 18.1 Å². The molecule has 0 bridgehead atoms. The van der Waals surface area contributed by atoms with Crippen LogP contribution in [0, 0.1) is 17.2 Å². The summed E-state index contributed by atoms with van der Waals surface area (Å²) in [6.07, 6.45) is 0.385. The van der Waals surface area contributed by atoms with E-state index in [0.29, 0.717) is 5.56 Å². The van der Waals surface area contributed by atoms with Crippen LogP contribution < -0.4 is 4.74 Å². The lowest BCUT2D eigenvalue weighted by atomic mass is 10.0. The lowest BCUT2D eigenvalue weighted by molar-refractivity contribution is 0.0973. The molecule has 3 heteroatoms. The Bertz CT molecular complexity index is 415. The smallest absolute Gasteiger partial charge is 0.164 e. The highest BCUT2D eigenvalue weighted by Gasteiger charge is 2.10. The first-order valence-corrected chi connectivity index (χ1v) is 5.72. The van der Waals surface area contributed by atoms with Crippen LogP contribution in [0.15, 0.2) is 24.3 Å². The first-order valence-electron chi connectivity index (χ1n) is 5.72. The Kier molecular flexibility index (Phi) is 4.71. The fraction of sp³-hybridized carbons (Fsp3) is 0.429. The number of benzene rings is 1. The van der Waals surface area contributed by atoms with Crippen molar-refractivity contribution in [1.29, 1.82) is 5.26 Å². The van der Waals surface area contributed by atoms with Crippen molar-refractivity contribution in [3.05, 3.63) is 29.8 Å². The molecular formula is C14H17NO2. The van der Waals surface area contributed by atoms with Crippen LogP contribution in [0.2, 0.25) is 0 Å². The minimum atomic E-state index is -0.242. The molecule has 90 valence electrons. The van der Waals surface area contributed by atoms with Crippen molar-refractivity contribution in [3.63, 3.8) is 0 Å². The summed E-state index contributed by atoms with van der Waals surface area (Å²) in [6.45, 7) is 5.65. The molecule has 1 aromatic rings. The number of rotatable bonds is 5. The fourth-order valence-corrected chi connectivity index (χ4v) is 1.43. The predicted octanol–water partition coefficient (Wildman–Crippen LogP) is 3.21. The molecule has 1 rings (SSSR count). The normalized spacial score (nSPS) is 11.9. The standard InChI is InChI=1S/C14H17NO2/c1-10(2)17-13-6-4-12(5-7-13)14(16)8-11(3)9-15/h4-7,10-11H,8H2,1-3H3. The quantitative estimate of drug-likeness (QED) is 0.731. The second-order valence-electron chi connectivity index (χ2n) is 4.35. The van der Waals surface area contributed by atoms with Crippen molar-refractivity contribution in [1.82, 2.24) is 0 Å². The van der Waals surface area contributed by atoms with Crippen LogP contribution in [0.25, 0.3) is 0 Å². The van der Waals surface area contributed by atoms with E-state index >= 15 is 0 Å². The number of carbonyl (C=O) groups excluding carboxylic acids is 1. The van der Waals surface area contributed by atoms with Crippen LogP contribution in [-0.4, -0.2) is 11.9 Å². The lowest BCUT2D eigenvalue weighted by Crippen LogP contribution is -2.07. The van der Waals surface area contributed by atoms with Crippen LogP contribution in [-0.2, 0) is 0 Å². The molecule has 3 nitrogen and oxygen atoms in total. The molecule has 0 saturated heterocycles. The van der Waals surface area contributed by atoms with E-state index < -0.39 is 0 Å². The molecule has 0 aliphatic rings. The van der Waals surface area contributed by atoms with Crippen molar-refractivity contribution < 1.29 is 9.53 Å². The summed E-state index contributed by atoms with van der Waals surface area (Å²) in [7, 11) is 0. The average Bonchev–Trinajstić information content (AvgIpc) is 2.28. The Balaban J connectivity index is 2.68. The van der Waals surface area contributed by atoms with E-state index in [1.54, 1.807) is 31.2 Å². The van der Waals surface area contributed by atoms with Gasteiger partial charge in [0.2, 0.25) is 0 Å². The summed E-state index contributed by atoms with van der Waals surface area (Å²) < 4.78 is 5.49. The number of hydrogen-bond donors (Lipinski definition) is 0. The van der Waals surface area contributed by atoms with E-state index in [4.69, 9.17) is 10.00 Å². The zero-order chi connectivity index (χ0) is 12.8. The summed E-state index contributed by atoms with van der Waals surface area (Å²) in [6, 6.07) is 9.10.